The standard InChI is InChI=1S/C21H19F2NO3/c1-2-25-21-5-3-4-18(13-21)24-27-20-8-6-19(7-9-20)26-14-15-10-16(22)12-17(23)11-15/h3-13,24H,2,14H2,1H3. The molecule has 3 aromatic rings. The molecule has 0 saturated heterocycles. The second-order valence-electron chi connectivity index (χ2n) is 5.70. The SMILES string of the molecule is CCOc1cccc(NOc2ccc(OCc3cc(F)cc(F)c3)cc2)c1. The van der Waals surface area contributed by atoms with Gasteiger partial charge in [-0.3, -0.25) is 0 Å². The van der Waals surface area contributed by atoms with E-state index in [0.29, 0.717) is 23.7 Å². The predicted octanol–water partition coefficient (Wildman–Crippen LogP) is 5.35. The van der Waals surface area contributed by atoms with Gasteiger partial charge in [-0.05, 0) is 61.0 Å². The molecule has 27 heavy (non-hydrogen) atoms. The van der Waals surface area contributed by atoms with Crippen molar-refractivity contribution in [3.63, 3.8) is 0 Å². The van der Waals surface area contributed by atoms with Crippen LogP contribution in [0.2, 0.25) is 0 Å². The summed E-state index contributed by atoms with van der Waals surface area (Å²) in [5, 5.41) is 0. The second-order valence-corrected chi connectivity index (χ2v) is 5.70. The van der Waals surface area contributed by atoms with Crippen molar-refractivity contribution < 1.29 is 23.1 Å². The third-order valence-electron chi connectivity index (χ3n) is 3.58. The highest BCUT2D eigenvalue weighted by Crippen LogP contribution is 2.21. The molecular formula is C21H19F2NO3. The van der Waals surface area contributed by atoms with Crippen molar-refractivity contribution in [2.45, 2.75) is 13.5 Å². The molecule has 0 aliphatic rings. The van der Waals surface area contributed by atoms with E-state index < -0.39 is 11.6 Å². The summed E-state index contributed by atoms with van der Waals surface area (Å²) in [6, 6.07) is 17.6. The molecule has 4 nitrogen and oxygen atoms in total. The minimum absolute atomic E-state index is 0.0668. The first-order valence-corrected chi connectivity index (χ1v) is 8.46. The van der Waals surface area contributed by atoms with Gasteiger partial charge < -0.3 is 14.3 Å². The monoisotopic (exact) mass is 371 g/mol. The molecule has 0 radical (unpaired) electrons. The van der Waals surface area contributed by atoms with E-state index in [1.54, 1.807) is 24.3 Å². The summed E-state index contributed by atoms with van der Waals surface area (Å²) in [5.74, 6) is 0.642. The third kappa shape index (κ3) is 5.60. The van der Waals surface area contributed by atoms with Crippen LogP contribution in [-0.4, -0.2) is 6.61 Å². The van der Waals surface area contributed by atoms with Crippen LogP contribution in [0.5, 0.6) is 17.2 Å². The molecule has 0 atom stereocenters. The molecule has 3 aromatic carbocycles. The summed E-state index contributed by atoms with van der Waals surface area (Å²) in [6.45, 7) is 2.58. The normalized spacial score (nSPS) is 10.3. The van der Waals surface area contributed by atoms with Gasteiger partial charge in [-0.15, -0.1) is 0 Å². The van der Waals surface area contributed by atoms with Crippen LogP contribution in [0.1, 0.15) is 12.5 Å². The summed E-state index contributed by atoms with van der Waals surface area (Å²) in [4.78, 5) is 5.51. The minimum Gasteiger partial charge on any atom is -0.494 e. The van der Waals surface area contributed by atoms with E-state index >= 15 is 0 Å². The summed E-state index contributed by atoms with van der Waals surface area (Å²) >= 11 is 0. The van der Waals surface area contributed by atoms with E-state index in [4.69, 9.17) is 14.3 Å². The Morgan fingerprint density at radius 3 is 2.19 bits per heavy atom. The Balaban J connectivity index is 1.53. The Hall–Kier alpha value is -3.28. The first-order chi connectivity index (χ1) is 13.1. The number of halogens is 2. The number of anilines is 1. The van der Waals surface area contributed by atoms with E-state index in [1.165, 1.54) is 12.1 Å². The number of hydrogen-bond acceptors (Lipinski definition) is 4. The second kappa shape index (κ2) is 8.89. The fourth-order valence-corrected chi connectivity index (χ4v) is 2.40. The highest BCUT2D eigenvalue weighted by Gasteiger charge is 2.03. The van der Waals surface area contributed by atoms with Crippen molar-refractivity contribution in [2.24, 2.45) is 0 Å². The lowest BCUT2D eigenvalue weighted by molar-refractivity contribution is 0.304. The molecule has 0 aromatic heterocycles. The lowest BCUT2D eigenvalue weighted by Gasteiger charge is -2.11. The molecule has 0 unspecified atom stereocenters. The van der Waals surface area contributed by atoms with E-state index in [2.05, 4.69) is 5.48 Å². The molecule has 3 rings (SSSR count). The van der Waals surface area contributed by atoms with Crippen molar-refractivity contribution >= 4 is 5.69 Å². The lowest BCUT2D eigenvalue weighted by Crippen LogP contribution is -2.05. The topological polar surface area (TPSA) is 39.7 Å². The van der Waals surface area contributed by atoms with Crippen molar-refractivity contribution in [3.8, 4) is 17.2 Å². The average molecular weight is 371 g/mol. The number of benzene rings is 3. The van der Waals surface area contributed by atoms with Gasteiger partial charge in [-0.25, -0.2) is 14.3 Å². The quantitative estimate of drug-likeness (QED) is 0.542. The Morgan fingerprint density at radius 1 is 0.778 bits per heavy atom. The Morgan fingerprint density at radius 2 is 1.48 bits per heavy atom. The predicted molar refractivity (Wildman–Crippen MR) is 99.0 cm³/mol. The van der Waals surface area contributed by atoms with Gasteiger partial charge in [0.05, 0.1) is 12.3 Å². The van der Waals surface area contributed by atoms with Gasteiger partial charge in [0, 0.05) is 12.1 Å². The van der Waals surface area contributed by atoms with Gasteiger partial charge in [-0.1, -0.05) is 6.07 Å². The lowest BCUT2D eigenvalue weighted by atomic mass is 10.2. The zero-order valence-electron chi connectivity index (χ0n) is 14.7. The van der Waals surface area contributed by atoms with Crippen LogP contribution in [0, 0.1) is 11.6 Å². The van der Waals surface area contributed by atoms with Gasteiger partial charge in [0.1, 0.15) is 29.7 Å². The highest BCUT2D eigenvalue weighted by atomic mass is 19.1. The van der Waals surface area contributed by atoms with E-state index in [1.807, 2.05) is 31.2 Å². The van der Waals surface area contributed by atoms with Crippen LogP contribution in [-0.2, 0) is 6.61 Å². The molecule has 0 fully saturated rings. The van der Waals surface area contributed by atoms with Crippen molar-refractivity contribution in [3.05, 3.63) is 83.9 Å². The number of rotatable bonds is 8. The number of ether oxygens (including phenoxy) is 2. The van der Waals surface area contributed by atoms with Gasteiger partial charge in [0.15, 0.2) is 5.75 Å². The summed E-state index contributed by atoms with van der Waals surface area (Å²) < 4.78 is 37.3. The van der Waals surface area contributed by atoms with E-state index in [0.717, 1.165) is 17.5 Å². The van der Waals surface area contributed by atoms with Crippen LogP contribution in [0.3, 0.4) is 0 Å². The van der Waals surface area contributed by atoms with Gasteiger partial charge in [0.25, 0.3) is 0 Å². The van der Waals surface area contributed by atoms with Crippen LogP contribution < -0.4 is 19.8 Å². The van der Waals surface area contributed by atoms with Crippen LogP contribution in [0.25, 0.3) is 0 Å². The third-order valence-corrected chi connectivity index (χ3v) is 3.58. The Labute approximate surface area is 156 Å². The van der Waals surface area contributed by atoms with Crippen molar-refractivity contribution in [1.82, 2.24) is 0 Å². The van der Waals surface area contributed by atoms with E-state index in [-0.39, 0.29) is 6.61 Å². The van der Waals surface area contributed by atoms with Crippen molar-refractivity contribution in [1.29, 1.82) is 0 Å². The molecule has 0 spiro atoms. The van der Waals surface area contributed by atoms with Crippen LogP contribution in [0.4, 0.5) is 14.5 Å². The molecule has 6 heteroatoms. The molecule has 0 heterocycles. The summed E-state index contributed by atoms with van der Waals surface area (Å²) in [7, 11) is 0. The molecular weight excluding hydrogens is 352 g/mol. The molecule has 0 aliphatic heterocycles. The van der Waals surface area contributed by atoms with Crippen LogP contribution in [0.15, 0.2) is 66.7 Å². The van der Waals surface area contributed by atoms with Gasteiger partial charge in [0.2, 0.25) is 0 Å². The maximum absolute atomic E-state index is 13.2. The summed E-state index contributed by atoms with van der Waals surface area (Å²) in [5.41, 5.74) is 4.02. The maximum atomic E-state index is 13.2. The van der Waals surface area contributed by atoms with Gasteiger partial charge >= 0.3 is 0 Å². The van der Waals surface area contributed by atoms with Crippen molar-refractivity contribution in [2.75, 3.05) is 12.1 Å². The molecule has 0 aliphatic carbocycles. The first-order valence-electron chi connectivity index (χ1n) is 8.46. The highest BCUT2D eigenvalue weighted by molar-refractivity contribution is 5.47. The zero-order chi connectivity index (χ0) is 19.1. The molecule has 0 amide bonds. The Kier molecular flexibility index (Phi) is 6.10. The number of nitrogens with one attached hydrogen (secondary N) is 1. The van der Waals surface area contributed by atoms with E-state index in [9.17, 15) is 8.78 Å². The molecule has 0 bridgehead atoms. The first kappa shape index (κ1) is 18.5. The fourth-order valence-electron chi connectivity index (χ4n) is 2.40. The number of hydrogen-bond donors (Lipinski definition) is 1. The average Bonchev–Trinajstić information content (AvgIpc) is 2.65. The Bertz CT molecular complexity index is 865. The maximum Gasteiger partial charge on any atom is 0.155 e. The summed E-state index contributed by atoms with van der Waals surface area (Å²) in [6.07, 6.45) is 0. The molecule has 1 N–H and O–H groups in total. The smallest absolute Gasteiger partial charge is 0.155 e. The minimum atomic E-state index is -0.628. The fraction of sp³-hybridized carbons (Fsp3) is 0.143. The van der Waals surface area contributed by atoms with Gasteiger partial charge in [-0.2, -0.15) is 0 Å². The largest absolute Gasteiger partial charge is 0.494 e. The molecule has 140 valence electrons. The van der Waals surface area contributed by atoms with Crippen LogP contribution >= 0.6 is 0 Å². The molecule has 0 saturated carbocycles. The zero-order valence-corrected chi connectivity index (χ0v) is 14.7.